The van der Waals surface area contributed by atoms with Crippen LogP contribution in [-0.4, -0.2) is 38.8 Å². The Kier molecular flexibility index (Phi) is 7.79. The third-order valence-corrected chi connectivity index (χ3v) is 7.81. The van der Waals surface area contributed by atoms with Gasteiger partial charge in [0.25, 0.3) is 11.5 Å². The number of amides is 1. The molecule has 222 valence electrons. The van der Waals surface area contributed by atoms with Crippen molar-refractivity contribution in [2.45, 2.75) is 53.0 Å². The van der Waals surface area contributed by atoms with Crippen LogP contribution in [-0.2, 0) is 20.9 Å². The quantitative estimate of drug-likeness (QED) is 0.316. The summed E-state index contributed by atoms with van der Waals surface area (Å²) in [6.07, 6.45) is 5.12. The predicted octanol–water partition coefficient (Wildman–Crippen LogP) is 4.01. The molecule has 3 N–H and O–H groups in total. The van der Waals surface area contributed by atoms with Gasteiger partial charge in [-0.3, -0.25) is 24.8 Å². The molecule has 0 saturated heterocycles. The SMILES string of the molecule is C=CCn1c(=O)c(C2C(C(=O)OCC)=C(N)N(NC(=O)c3ccncc3)C3=C2C(=O)CC(C)(C)C3)cc2cc(C)ccc21. The molecule has 0 radical (unpaired) electrons. The van der Waals surface area contributed by atoms with Gasteiger partial charge in [0.1, 0.15) is 5.82 Å². The summed E-state index contributed by atoms with van der Waals surface area (Å²) in [5.74, 6) is -2.76. The van der Waals surface area contributed by atoms with Gasteiger partial charge in [0.05, 0.1) is 29.3 Å². The number of hydrogen-bond donors (Lipinski definition) is 2. The molecular weight excluding hydrogens is 546 g/mol. The third-order valence-electron chi connectivity index (χ3n) is 7.81. The van der Waals surface area contributed by atoms with Crippen molar-refractivity contribution in [1.29, 1.82) is 0 Å². The van der Waals surface area contributed by atoms with Crippen molar-refractivity contribution in [2.24, 2.45) is 11.1 Å². The van der Waals surface area contributed by atoms with Crippen LogP contribution < -0.4 is 16.7 Å². The number of carbonyl (C=O) groups is 3. The number of aryl methyl sites for hydroxylation is 1. The van der Waals surface area contributed by atoms with E-state index in [0.717, 1.165) is 10.9 Å². The molecule has 1 aliphatic heterocycles. The number of nitrogens with one attached hydrogen (secondary N) is 1. The fourth-order valence-corrected chi connectivity index (χ4v) is 5.97. The molecule has 5 rings (SSSR count). The number of fused-ring (bicyclic) bond motifs is 1. The smallest absolute Gasteiger partial charge is 0.338 e. The van der Waals surface area contributed by atoms with Crippen LogP contribution in [0.3, 0.4) is 0 Å². The molecule has 0 spiro atoms. The number of ketones is 1. The molecule has 10 nitrogen and oxygen atoms in total. The standard InChI is InChI=1S/C33H35N5O5/c1-6-14-37-23-9-8-19(3)15-21(23)16-22(31(37)41)26-27-24(17-33(4,5)18-25(27)39)38(29(34)28(26)32(42)43-7-2)36-30(40)20-10-12-35-13-11-20/h6,8-13,15-16,26H,1,7,14,17-18,34H2,2-5H3,(H,36,40). The minimum atomic E-state index is -1.11. The summed E-state index contributed by atoms with van der Waals surface area (Å²) in [4.78, 5) is 59.2. The fourth-order valence-electron chi connectivity index (χ4n) is 5.97. The van der Waals surface area contributed by atoms with Crippen LogP contribution in [0.1, 0.15) is 61.0 Å². The first-order valence-corrected chi connectivity index (χ1v) is 14.2. The lowest BCUT2D eigenvalue weighted by Crippen LogP contribution is -2.51. The number of benzene rings is 1. The number of carbonyl (C=O) groups excluding carboxylic acids is 3. The number of allylic oxidation sites excluding steroid dienone is 3. The molecule has 3 heterocycles. The second kappa shape index (κ2) is 11.4. The maximum Gasteiger partial charge on any atom is 0.338 e. The van der Waals surface area contributed by atoms with Gasteiger partial charge >= 0.3 is 5.97 Å². The molecular formula is C33H35N5O5. The first-order chi connectivity index (χ1) is 20.5. The molecule has 0 saturated carbocycles. The number of aromatic nitrogens is 2. The highest BCUT2D eigenvalue weighted by molar-refractivity contribution is 6.04. The highest BCUT2D eigenvalue weighted by Gasteiger charge is 2.47. The minimum Gasteiger partial charge on any atom is -0.463 e. The Hall–Kier alpha value is -4.99. The van der Waals surface area contributed by atoms with Crippen molar-refractivity contribution < 1.29 is 19.1 Å². The number of Topliss-reactive ketones (excluding diaryl/α,β-unsaturated/α-hetero) is 1. The topological polar surface area (TPSA) is 137 Å². The van der Waals surface area contributed by atoms with E-state index in [1.165, 1.54) is 17.4 Å². The predicted molar refractivity (Wildman–Crippen MR) is 162 cm³/mol. The van der Waals surface area contributed by atoms with Crippen LogP contribution in [0.2, 0.25) is 0 Å². The number of nitrogens with two attached hydrogens (primary N) is 1. The van der Waals surface area contributed by atoms with Gasteiger partial charge in [0, 0.05) is 42.1 Å². The maximum atomic E-state index is 14.2. The number of nitrogens with zero attached hydrogens (tertiary/aromatic N) is 3. The van der Waals surface area contributed by atoms with Crippen molar-refractivity contribution in [3.05, 3.63) is 111 Å². The molecule has 2 aliphatic rings. The summed E-state index contributed by atoms with van der Waals surface area (Å²) in [5, 5.41) is 2.07. The average molecular weight is 582 g/mol. The summed E-state index contributed by atoms with van der Waals surface area (Å²) in [5.41, 5.74) is 11.5. The Morgan fingerprint density at radius 2 is 1.88 bits per heavy atom. The van der Waals surface area contributed by atoms with Crippen LogP contribution in [0, 0.1) is 12.3 Å². The number of hydrogen-bond acceptors (Lipinski definition) is 8. The second-order valence-electron chi connectivity index (χ2n) is 11.6. The van der Waals surface area contributed by atoms with Crippen LogP contribution in [0.5, 0.6) is 0 Å². The molecule has 1 unspecified atom stereocenters. The Bertz CT molecular complexity index is 1780. The molecule has 1 amide bonds. The zero-order valence-corrected chi connectivity index (χ0v) is 24.8. The molecule has 1 atom stereocenters. The Balaban J connectivity index is 1.81. The number of esters is 1. The van der Waals surface area contributed by atoms with Gasteiger partial charge in [0.2, 0.25) is 0 Å². The fraction of sp³-hybridized carbons (Fsp3) is 0.303. The Morgan fingerprint density at radius 3 is 2.56 bits per heavy atom. The Morgan fingerprint density at radius 1 is 1.16 bits per heavy atom. The van der Waals surface area contributed by atoms with E-state index >= 15 is 0 Å². The number of ether oxygens (including phenoxy) is 1. The molecule has 2 aromatic heterocycles. The van der Waals surface area contributed by atoms with Crippen molar-refractivity contribution in [1.82, 2.24) is 20.0 Å². The lowest BCUT2D eigenvalue weighted by atomic mass is 9.69. The van der Waals surface area contributed by atoms with Crippen LogP contribution in [0.25, 0.3) is 10.9 Å². The number of pyridine rings is 2. The van der Waals surface area contributed by atoms with Gasteiger partial charge in [-0.05, 0) is 61.4 Å². The van der Waals surface area contributed by atoms with E-state index in [1.54, 1.807) is 35.8 Å². The van der Waals surface area contributed by atoms with E-state index in [-0.39, 0.29) is 53.4 Å². The van der Waals surface area contributed by atoms with Gasteiger partial charge in [0.15, 0.2) is 5.78 Å². The molecule has 3 aromatic rings. The van der Waals surface area contributed by atoms with E-state index in [0.29, 0.717) is 23.2 Å². The molecule has 1 aliphatic carbocycles. The average Bonchev–Trinajstić information content (AvgIpc) is 2.95. The largest absolute Gasteiger partial charge is 0.463 e. The van der Waals surface area contributed by atoms with Crippen molar-refractivity contribution >= 4 is 28.6 Å². The summed E-state index contributed by atoms with van der Waals surface area (Å²) >= 11 is 0. The third kappa shape index (κ3) is 5.36. The molecule has 43 heavy (non-hydrogen) atoms. The van der Waals surface area contributed by atoms with E-state index in [9.17, 15) is 19.2 Å². The van der Waals surface area contributed by atoms with E-state index in [4.69, 9.17) is 10.5 Å². The van der Waals surface area contributed by atoms with Crippen molar-refractivity contribution in [2.75, 3.05) is 6.61 Å². The summed E-state index contributed by atoms with van der Waals surface area (Å²) in [6.45, 7) is 11.6. The summed E-state index contributed by atoms with van der Waals surface area (Å²) in [7, 11) is 0. The molecule has 0 bridgehead atoms. The first-order valence-electron chi connectivity index (χ1n) is 14.2. The minimum absolute atomic E-state index is 0.0379. The second-order valence-corrected chi connectivity index (χ2v) is 11.6. The van der Waals surface area contributed by atoms with E-state index in [2.05, 4.69) is 17.0 Å². The van der Waals surface area contributed by atoms with Gasteiger partial charge in [-0.2, -0.15) is 0 Å². The van der Waals surface area contributed by atoms with E-state index < -0.39 is 23.2 Å². The molecule has 0 fully saturated rings. The lowest BCUT2D eigenvalue weighted by Gasteiger charge is -2.43. The molecule has 1 aromatic carbocycles. The van der Waals surface area contributed by atoms with Gasteiger partial charge < -0.3 is 15.0 Å². The van der Waals surface area contributed by atoms with Crippen molar-refractivity contribution in [3.63, 3.8) is 0 Å². The highest BCUT2D eigenvalue weighted by atomic mass is 16.5. The van der Waals surface area contributed by atoms with Crippen LogP contribution >= 0.6 is 0 Å². The van der Waals surface area contributed by atoms with Crippen LogP contribution in [0.15, 0.2) is 88.9 Å². The van der Waals surface area contributed by atoms with Crippen molar-refractivity contribution in [3.8, 4) is 0 Å². The van der Waals surface area contributed by atoms with Gasteiger partial charge in [-0.1, -0.05) is 31.6 Å². The normalized spacial score (nSPS) is 18.0. The maximum absolute atomic E-state index is 14.2. The number of hydrazine groups is 1. The zero-order valence-electron chi connectivity index (χ0n) is 24.8. The zero-order chi connectivity index (χ0) is 31.1. The van der Waals surface area contributed by atoms with Gasteiger partial charge in [-0.25, -0.2) is 9.80 Å². The summed E-state index contributed by atoms with van der Waals surface area (Å²) in [6, 6.07) is 10.5. The Labute approximate surface area is 249 Å². The number of rotatable bonds is 7. The molecule has 10 heteroatoms. The highest BCUT2D eigenvalue weighted by Crippen LogP contribution is 2.48. The lowest BCUT2D eigenvalue weighted by molar-refractivity contribution is -0.139. The van der Waals surface area contributed by atoms with Crippen LogP contribution in [0.4, 0.5) is 0 Å². The monoisotopic (exact) mass is 581 g/mol. The first kappa shape index (κ1) is 29.5. The van der Waals surface area contributed by atoms with E-state index in [1.807, 2.05) is 39.0 Å². The summed E-state index contributed by atoms with van der Waals surface area (Å²) < 4.78 is 7.01. The van der Waals surface area contributed by atoms with Gasteiger partial charge in [-0.15, -0.1) is 6.58 Å².